The van der Waals surface area contributed by atoms with Gasteiger partial charge in [-0.25, -0.2) is 0 Å². The molecule has 0 heterocycles. The molecule has 60 valence electrons. The maximum Gasteiger partial charge on any atom is 0.234 e. The van der Waals surface area contributed by atoms with Crippen LogP contribution in [0.2, 0.25) is 0 Å². The average Bonchev–Trinajstić information content (AvgIpc) is 1.86. The van der Waals surface area contributed by atoms with Crippen LogP contribution >= 0.6 is 0 Å². The molecular formula is C7H10N2O2. The monoisotopic (exact) mass is 154 g/mol. The van der Waals surface area contributed by atoms with E-state index in [-0.39, 0.29) is 12.5 Å². The Hall–Kier alpha value is -0.900. The summed E-state index contributed by atoms with van der Waals surface area (Å²) in [5, 5.41) is 2.44. The summed E-state index contributed by atoms with van der Waals surface area (Å²) in [5.74, 6) is -0.295. The molecule has 1 N–H and O–H groups in total. The summed E-state index contributed by atoms with van der Waals surface area (Å²) >= 11 is 0. The Morgan fingerprint density at radius 1 is 1.55 bits per heavy atom. The van der Waals surface area contributed by atoms with Crippen LogP contribution in [0.5, 0.6) is 0 Å². The smallest absolute Gasteiger partial charge is 0.234 e. The number of carbonyl (C=O) groups excluding carboxylic acids is 2. The highest BCUT2D eigenvalue weighted by molar-refractivity contribution is 5.78. The fourth-order valence-corrected chi connectivity index (χ4v) is 0.492. The fraction of sp³-hybridized carbons (Fsp3) is 0.429. The molecule has 0 aliphatic carbocycles. The Kier molecular flexibility index (Phi) is 5.37. The first-order valence-electron chi connectivity index (χ1n) is 3.14. The van der Waals surface area contributed by atoms with Crippen LogP contribution in [0, 0.1) is 14.1 Å². The standard InChI is InChI=1S/C7H10N2O2/c1-9(2)6-7(11)8-4-3-5-10/h1-2,5H,3-4,6H2,(H,8,11). The molecule has 4 nitrogen and oxygen atoms in total. The highest BCUT2D eigenvalue weighted by atomic mass is 16.2. The highest BCUT2D eigenvalue weighted by Gasteiger charge is 2.00. The minimum Gasteiger partial charge on any atom is -0.355 e. The maximum absolute atomic E-state index is 10.7. The lowest BCUT2D eigenvalue weighted by atomic mass is 10.4. The predicted molar refractivity (Wildman–Crippen MR) is 39.0 cm³/mol. The molecule has 0 aromatic carbocycles. The molecular weight excluding hydrogens is 144 g/mol. The van der Waals surface area contributed by atoms with Crippen LogP contribution < -0.4 is 5.32 Å². The molecule has 0 aliphatic rings. The third-order valence-electron chi connectivity index (χ3n) is 0.911. The lowest BCUT2D eigenvalue weighted by Gasteiger charge is -2.07. The Balaban J connectivity index is 3.30. The van der Waals surface area contributed by atoms with Crippen molar-refractivity contribution in [3.8, 4) is 0 Å². The van der Waals surface area contributed by atoms with Gasteiger partial charge in [-0.1, -0.05) is 0 Å². The van der Waals surface area contributed by atoms with Crippen molar-refractivity contribution in [2.75, 3.05) is 13.1 Å². The lowest BCUT2D eigenvalue weighted by Crippen LogP contribution is -2.32. The summed E-state index contributed by atoms with van der Waals surface area (Å²) in [6, 6.07) is 0. The minimum atomic E-state index is -0.295. The summed E-state index contributed by atoms with van der Waals surface area (Å²) in [6.07, 6.45) is 1.03. The summed E-state index contributed by atoms with van der Waals surface area (Å²) in [6.45, 7) is 0.259. The van der Waals surface area contributed by atoms with Gasteiger partial charge in [0.1, 0.15) is 6.29 Å². The molecule has 0 unspecified atom stereocenters. The summed E-state index contributed by atoms with van der Waals surface area (Å²) < 4.78 is 0. The van der Waals surface area contributed by atoms with Gasteiger partial charge in [0, 0.05) is 27.1 Å². The van der Waals surface area contributed by atoms with Crippen LogP contribution in [0.25, 0.3) is 0 Å². The van der Waals surface area contributed by atoms with Gasteiger partial charge in [0.15, 0.2) is 0 Å². The number of aldehydes is 1. The van der Waals surface area contributed by atoms with Crippen LogP contribution in [0.4, 0.5) is 0 Å². The molecule has 4 radical (unpaired) electrons. The van der Waals surface area contributed by atoms with E-state index in [1.54, 1.807) is 0 Å². The van der Waals surface area contributed by atoms with Crippen molar-refractivity contribution in [1.29, 1.82) is 0 Å². The molecule has 0 spiro atoms. The topological polar surface area (TPSA) is 49.4 Å². The van der Waals surface area contributed by atoms with E-state index in [4.69, 9.17) is 14.1 Å². The molecule has 0 bridgehead atoms. The van der Waals surface area contributed by atoms with E-state index in [0.29, 0.717) is 13.0 Å². The van der Waals surface area contributed by atoms with Gasteiger partial charge in [0.25, 0.3) is 0 Å². The van der Waals surface area contributed by atoms with Crippen molar-refractivity contribution < 1.29 is 9.59 Å². The van der Waals surface area contributed by atoms with Gasteiger partial charge in [-0.2, -0.15) is 0 Å². The van der Waals surface area contributed by atoms with Gasteiger partial charge in [0.05, 0.1) is 6.54 Å². The largest absolute Gasteiger partial charge is 0.355 e. The van der Waals surface area contributed by atoms with Gasteiger partial charge in [-0.15, -0.1) is 0 Å². The minimum absolute atomic E-state index is 0.0706. The highest BCUT2D eigenvalue weighted by Crippen LogP contribution is 1.78. The molecule has 0 aliphatic heterocycles. The molecule has 0 aromatic rings. The van der Waals surface area contributed by atoms with Gasteiger partial charge in [0.2, 0.25) is 5.91 Å². The first-order chi connectivity index (χ1) is 5.16. The second kappa shape index (κ2) is 5.85. The normalized spacial score (nSPS) is 9.73. The second-order valence-electron chi connectivity index (χ2n) is 1.98. The zero-order chi connectivity index (χ0) is 8.69. The van der Waals surface area contributed by atoms with E-state index in [1.165, 1.54) is 0 Å². The molecule has 0 atom stereocenters. The Morgan fingerprint density at radius 2 is 2.18 bits per heavy atom. The van der Waals surface area contributed by atoms with E-state index in [0.717, 1.165) is 11.2 Å². The number of carbonyl (C=O) groups is 2. The number of rotatable bonds is 5. The van der Waals surface area contributed by atoms with E-state index in [2.05, 4.69) is 5.32 Å². The van der Waals surface area contributed by atoms with Gasteiger partial charge < -0.3 is 10.1 Å². The summed E-state index contributed by atoms with van der Waals surface area (Å²) in [5.41, 5.74) is 0. The van der Waals surface area contributed by atoms with Crippen molar-refractivity contribution in [2.45, 2.75) is 6.42 Å². The maximum atomic E-state index is 10.7. The molecule has 0 fully saturated rings. The first-order valence-corrected chi connectivity index (χ1v) is 3.14. The zero-order valence-corrected chi connectivity index (χ0v) is 6.12. The fourth-order valence-electron chi connectivity index (χ4n) is 0.492. The van der Waals surface area contributed by atoms with Crippen LogP contribution in [0.3, 0.4) is 0 Å². The van der Waals surface area contributed by atoms with Crippen molar-refractivity contribution in [2.24, 2.45) is 0 Å². The first kappa shape index (κ1) is 10.1. The Bertz CT molecular complexity index is 134. The Morgan fingerprint density at radius 3 is 2.64 bits per heavy atom. The van der Waals surface area contributed by atoms with Crippen molar-refractivity contribution in [3.05, 3.63) is 14.1 Å². The molecule has 1 amide bonds. The molecule has 0 saturated carbocycles. The third kappa shape index (κ3) is 6.99. The average molecular weight is 154 g/mol. The second-order valence-corrected chi connectivity index (χ2v) is 1.98. The van der Waals surface area contributed by atoms with Gasteiger partial charge >= 0.3 is 0 Å². The number of amides is 1. The quantitative estimate of drug-likeness (QED) is 0.324. The molecule has 11 heavy (non-hydrogen) atoms. The van der Waals surface area contributed by atoms with Crippen LogP contribution in [-0.2, 0) is 9.59 Å². The van der Waals surface area contributed by atoms with E-state index >= 15 is 0 Å². The molecule has 0 aromatic heterocycles. The summed E-state index contributed by atoms with van der Waals surface area (Å²) in [7, 11) is 9.96. The SMILES string of the molecule is [CH]N([CH])CC(=O)NCCC=O. The van der Waals surface area contributed by atoms with Gasteiger partial charge in [-0.05, 0) is 0 Å². The molecule has 0 saturated heterocycles. The van der Waals surface area contributed by atoms with Gasteiger partial charge in [-0.3, -0.25) is 9.69 Å². The van der Waals surface area contributed by atoms with E-state index in [9.17, 15) is 9.59 Å². The number of nitrogens with one attached hydrogen (secondary N) is 1. The number of hydrogen-bond acceptors (Lipinski definition) is 3. The third-order valence-corrected chi connectivity index (χ3v) is 0.911. The summed E-state index contributed by atoms with van der Waals surface area (Å²) in [4.78, 5) is 21.3. The molecule has 4 heteroatoms. The van der Waals surface area contributed by atoms with E-state index in [1.807, 2.05) is 0 Å². The predicted octanol–water partition coefficient (Wildman–Crippen LogP) is -0.669. The number of hydrogen-bond donors (Lipinski definition) is 1. The zero-order valence-electron chi connectivity index (χ0n) is 6.12. The van der Waals surface area contributed by atoms with Crippen molar-refractivity contribution in [1.82, 2.24) is 10.2 Å². The Labute approximate surface area is 66.6 Å². The lowest BCUT2D eigenvalue weighted by molar-refractivity contribution is -0.121. The van der Waals surface area contributed by atoms with Crippen LogP contribution in [0.1, 0.15) is 6.42 Å². The van der Waals surface area contributed by atoms with Crippen molar-refractivity contribution in [3.63, 3.8) is 0 Å². The van der Waals surface area contributed by atoms with Crippen LogP contribution in [-0.4, -0.2) is 30.2 Å². The number of nitrogens with zero attached hydrogens (tertiary/aromatic N) is 1. The van der Waals surface area contributed by atoms with Crippen LogP contribution in [0.15, 0.2) is 0 Å². The van der Waals surface area contributed by atoms with Crippen molar-refractivity contribution >= 4 is 12.2 Å². The molecule has 0 rings (SSSR count). The van der Waals surface area contributed by atoms with E-state index < -0.39 is 0 Å².